The molecule has 106 valence electrons. The number of carboxylic acids is 1. The molecule has 2 atom stereocenters. The molecule has 0 aliphatic carbocycles. The van der Waals surface area contributed by atoms with E-state index in [1.807, 2.05) is 0 Å². The molecule has 0 aromatic heterocycles. The molecular formula is C11H11F3O5. The van der Waals surface area contributed by atoms with Crippen LogP contribution in [0.15, 0.2) is 24.3 Å². The molecule has 1 aromatic rings. The minimum absolute atomic E-state index is 0.159. The molecule has 1 aromatic carbocycles. The third-order valence-electron chi connectivity index (χ3n) is 2.22. The quantitative estimate of drug-likeness (QED) is 0.745. The number of carboxylic acid groups (broad SMARTS) is 1. The van der Waals surface area contributed by atoms with Gasteiger partial charge in [-0.25, -0.2) is 4.79 Å². The van der Waals surface area contributed by atoms with E-state index in [0.717, 1.165) is 24.3 Å². The zero-order valence-electron chi connectivity index (χ0n) is 9.46. The van der Waals surface area contributed by atoms with E-state index >= 15 is 0 Å². The molecule has 8 heteroatoms. The normalized spacial score (nSPS) is 14.8. The Hall–Kier alpha value is -1.80. The van der Waals surface area contributed by atoms with E-state index in [1.165, 1.54) is 0 Å². The molecule has 3 N–H and O–H groups in total. The predicted molar refractivity (Wildman–Crippen MR) is 56.6 cm³/mol. The Morgan fingerprint density at radius 3 is 2.16 bits per heavy atom. The minimum Gasteiger partial charge on any atom is -0.478 e. The molecule has 1 rings (SSSR count). The van der Waals surface area contributed by atoms with Crippen molar-refractivity contribution in [2.24, 2.45) is 0 Å². The number of rotatable bonds is 5. The molecule has 0 heterocycles. The van der Waals surface area contributed by atoms with Crippen LogP contribution in [0.25, 0.3) is 0 Å². The molecule has 0 spiro atoms. The topological polar surface area (TPSA) is 87.0 Å². The van der Waals surface area contributed by atoms with Crippen molar-refractivity contribution in [2.45, 2.75) is 18.4 Å². The number of ether oxygens (including phenoxy) is 1. The summed E-state index contributed by atoms with van der Waals surface area (Å²) in [6.45, 7) is -0.850. The zero-order chi connectivity index (χ0) is 14.6. The van der Waals surface area contributed by atoms with E-state index in [0.29, 0.717) is 0 Å². The van der Waals surface area contributed by atoms with Crippen LogP contribution >= 0.6 is 0 Å². The lowest BCUT2D eigenvalue weighted by molar-refractivity contribution is -0.152. The second-order valence-electron chi connectivity index (χ2n) is 3.65. The Bertz CT molecular complexity index is 429. The van der Waals surface area contributed by atoms with Gasteiger partial charge in [-0.1, -0.05) is 0 Å². The number of aliphatic carboxylic acids is 1. The van der Waals surface area contributed by atoms with Gasteiger partial charge in [0.15, 0.2) is 0 Å². The van der Waals surface area contributed by atoms with Gasteiger partial charge in [0.25, 0.3) is 0 Å². The van der Waals surface area contributed by atoms with E-state index in [9.17, 15) is 23.1 Å². The van der Waals surface area contributed by atoms with Gasteiger partial charge >= 0.3 is 12.1 Å². The zero-order valence-corrected chi connectivity index (χ0v) is 9.46. The molecule has 0 bridgehead atoms. The summed E-state index contributed by atoms with van der Waals surface area (Å²) in [5.74, 6) is -1.70. The summed E-state index contributed by atoms with van der Waals surface area (Å²) in [6.07, 6.45) is -7.95. The summed E-state index contributed by atoms with van der Waals surface area (Å²) in [7, 11) is 0. The van der Waals surface area contributed by atoms with Gasteiger partial charge in [0.1, 0.15) is 11.9 Å². The largest absolute Gasteiger partial charge is 0.478 e. The molecule has 0 radical (unpaired) electrons. The van der Waals surface area contributed by atoms with Crippen LogP contribution in [0, 0.1) is 0 Å². The number of benzene rings is 1. The van der Waals surface area contributed by atoms with Crippen molar-refractivity contribution in [3.8, 4) is 5.75 Å². The average Bonchev–Trinajstić information content (AvgIpc) is 2.34. The number of alkyl halides is 3. The maximum absolute atomic E-state index is 12.3. The molecule has 0 fully saturated rings. The summed E-state index contributed by atoms with van der Waals surface area (Å²) in [4.78, 5) is 10.8. The fraction of sp³-hybridized carbons (Fsp3) is 0.364. The Labute approximate surface area is 105 Å². The summed E-state index contributed by atoms with van der Waals surface area (Å²) in [5.41, 5.74) is -0.908. The maximum atomic E-state index is 12.3. The lowest BCUT2D eigenvalue weighted by Gasteiger charge is -2.19. The average molecular weight is 280 g/mol. The molecule has 2 unspecified atom stereocenters. The Balaban J connectivity index is 2.84. The van der Waals surface area contributed by atoms with Gasteiger partial charge in [0.05, 0.1) is 12.2 Å². The van der Waals surface area contributed by atoms with Crippen molar-refractivity contribution in [1.29, 1.82) is 0 Å². The predicted octanol–water partition coefficient (Wildman–Crippen LogP) is 0.891. The number of carbonyl (C=O) groups is 1. The van der Waals surface area contributed by atoms with Crippen LogP contribution < -0.4 is 4.74 Å². The maximum Gasteiger partial charge on any atom is 0.416 e. The highest BCUT2D eigenvalue weighted by Gasteiger charge is 2.31. The first kappa shape index (κ1) is 15.3. The Morgan fingerprint density at radius 2 is 1.79 bits per heavy atom. The van der Waals surface area contributed by atoms with Crippen molar-refractivity contribution in [2.75, 3.05) is 6.61 Å². The lowest BCUT2D eigenvalue weighted by atomic mass is 10.2. The molecule has 0 saturated heterocycles. The monoisotopic (exact) mass is 280 g/mol. The fourth-order valence-electron chi connectivity index (χ4n) is 1.26. The highest BCUT2D eigenvalue weighted by Crippen LogP contribution is 2.30. The van der Waals surface area contributed by atoms with Gasteiger partial charge in [-0.15, -0.1) is 0 Å². The van der Waals surface area contributed by atoms with Gasteiger partial charge in [-0.05, 0) is 24.3 Å². The van der Waals surface area contributed by atoms with Gasteiger partial charge in [-0.3, -0.25) is 0 Å². The number of aliphatic hydroxyl groups is 2. The standard InChI is InChI=1S/C11H11F3O5/c12-11(13,14)6-1-3-7(4-2-6)19-9(10(17)18)8(16)5-15/h1-4,8-9,15-16H,5H2,(H,17,18). The Morgan fingerprint density at radius 1 is 1.26 bits per heavy atom. The van der Waals surface area contributed by atoms with Crippen LogP contribution in [-0.4, -0.2) is 40.1 Å². The van der Waals surface area contributed by atoms with Gasteiger partial charge in [0.2, 0.25) is 6.10 Å². The SMILES string of the molecule is O=C(O)C(Oc1ccc(C(F)(F)F)cc1)C(O)CO. The second kappa shape index (κ2) is 5.89. The smallest absolute Gasteiger partial charge is 0.416 e. The first-order valence-corrected chi connectivity index (χ1v) is 5.11. The summed E-state index contributed by atoms with van der Waals surface area (Å²) in [6, 6.07) is 3.31. The van der Waals surface area contributed by atoms with Crippen LogP contribution in [0.2, 0.25) is 0 Å². The van der Waals surface area contributed by atoms with Gasteiger partial charge < -0.3 is 20.1 Å². The van der Waals surface area contributed by atoms with E-state index in [4.69, 9.17) is 14.9 Å². The van der Waals surface area contributed by atoms with Crippen molar-refractivity contribution in [3.63, 3.8) is 0 Å². The summed E-state index contributed by atoms with van der Waals surface area (Å²) in [5, 5.41) is 26.6. The van der Waals surface area contributed by atoms with Crippen LogP contribution in [0.5, 0.6) is 5.75 Å². The molecule has 0 saturated carbocycles. The Kier molecular flexibility index (Phi) is 4.73. The van der Waals surface area contributed by atoms with Crippen molar-refractivity contribution < 1.29 is 38.0 Å². The summed E-state index contributed by atoms with van der Waals surface area (Å²) >= 11 is 0. The number of halogens is 3. The van der Waals surface area contributed by atoms with Crippen LogP contribution in [0.3, 0.4) is 0 Å². The first-order valence-electron chi connectivity index (χ1n) is 5.11. The van der Waals surface area contributed by atoms with E-state index < -0.39 is 36.5 Å². The lowest BCUT2D eigenvalue weighted by Crippen LogP contribution is -2.41. The minimum atomic E-state index is -4.50. The van der Waals surface area contributed by atoms with Crippen LogP contribution in [0.4, 0.5) is 13.2 Å². The highest BCUT2D eigenvalue weighted by molar-refractivity contribution is 5.73. The van der Waals surface area contributed by atoms with Crippen molar-refractivity contribution in [1.82, 2.24) is 0 Å². The molecular weight excluding hydrogens is 269 g/mol. The summed E-state index contributed by atoms with van der Waals surface area (Å²) < 4.78 is 41.7. The number of hydrogen-bond acceptors (Lipinski definition) is 4. The van der Waals surface area contributed by atoms with Crippen molar-refractivity contribution in [3.05, 3.63) is 29.8 Å². The van der Waals surface area contributed by atoms with E-state index in [2.05, 4.69) is 0 Å². The highest BCUT2D eigenvalue weighted by atomic mass is 19.4. The van der Waals surface area contributed by atoms with Gasteiger partial charge in [-0.2, -0.15) is 13.2 Å². The number of aliphatic hydroxyl groups excluding tert-OH is 2. The second-order valence-corrected chi connectivity index (χ2v) is 3.65. The van der Waals surface area contributed by atoms with Crippen LogP contribution in [-0.2, 0) is 11.0 Å². The van der Waals surface area contributed by atoms with E-state index in [-0.39, 0.29) is 5.75 Å². The molecule has 0 amide bonds. The third-order valence-corrected chi connectivity index (χ3v) is 2.22. The molecule has 0 aliphatic heterocycles. The third kappa shape index (κ3) is 4.11. The van der Waals surface area contributed by atoms with Crippen molar-refractivity contribution >= 4 is 5.97 Å². The molecule has 0 aliphatic rings. The fourth-order valence-corrected chi connectivity index (χ4v) is 1.26. The molecule has 19 heavy (non-hydrogen) atoms. The molecule has 5 nitrogen and oxygen atoms in total. The van der Waals surface area contributed by atoms with Crippen LogP contribution in [0.1, 0.15) is 5.56 Å². The van der Waals surface area contributed by atoms with E-state index in [1.54, 1.807) is 0 Å². The van der Waals surface area contributed by atoms with Gasteiger partial charge in [0, 0.05) is 0 Å². The number of hydrogen-bond donors (Lipinski definition) is 3. The first-order chi connectivity index (χ1) is 8.75.